The van der Waals surface area contributed by atoms with Gasteiger partial charge in [0.15, 0.2) is 0 Å². The predicted octanol–water partition coefficient (Wildman–Crippen LogP) is 2.44. The van der Waals surface area contributed by atoms with Gasteiger partial charge in [0.2, 0.25) is 0 Å². The largest absolute Gasteiger partial charge is 0.461 e. The van der Waals surface area contributed by atoms with Gasteiger partial charge in [0.1, 0.15) is 5.71 Å². The van der Waals surface area contributed by atoms with E-state index in [1.165, 1.54) is 0 Å². The predicted molar refractivity (Wildman–Crippen MR) is 63.1 cm³/mol. The van der Waals surface area contributed by atoms with E-state index in [9.17, 15) is 4.79 Å². The van der Waals surface area contributed by atoms with Crippen LogP contribution >= 0.6 is 0 Å². The average Bonchev–Trinajstić information content (AvgIpc) is 2.80. The molecule has 0 radical (unpaired) electrons. The lowest BCUT2D eigenvalue weighted by molar-refractivity contribution is -0.135. The highest BCUT2D eigenvalue weighted by atomic mass is 16.5. The number of hydrogen-bond acceptors (Lipinski definition) is 3. The highest BCUT2D eigenvalue weighted by Gasteiger charge is 2.17. The van der Waals surface area contributed by atoms with E-state index in [1.807, 2.05) is 36.4 Å². The lowest BCUT2D eigenvalue weighted by Crippen LogP contribution is -2.15. The molecule has 0 atom stereocenters. The first-order chi connectivity index (χ1) is 7.81. The summed E-state index contributed by atoms with van der Waals surface area (Å²) in [6, 6.07) is 9.81. The Hall–Kier alpha value is -1.90. The van der Waals surface area contributed by atoms with Crippen molar-refractivity contribution in [3.05, 3.63) is 42.0 Å². The fourth-order valence-corrected chi connectivity index (χ4v) is 1.56. The summed E-state index contributed by atoms with van der Waals surface area (Å²) in [6.07, 6.45) is 2.50. The monoisotopic (exact) mass is 215 g/mol. The quantitative estimate of drug-likeness (QED) is 0.726. The van der Waals surface area contributed by atoms with Gasteiger partial charge in [0, 0.05) is 6.42 Å². The number of esters is 1. The van der Waals surface area contributed by atoms with Gasteiger partial charge in [-0.05, 0) is 12.5 Å². The van der Waals surface area contributed by atoms with Crippen LogP contribution in [0.2, 0.25) is 0 Å². The summed E-state index contributed by atoms with van der Waals surface area (Å²) < 4.78 is 4.91. The maximum absolute atomic E-state index is 11.4. The van der Waals surface area contributed by atoms with E-state index in [1.54, 1.807) is 6.92 Å². The molecule has 0 saturated heterocycles. The minimum atomic E-state index is -0.315. The van der Waals surface area contributed by atoms with Crippen LogP contribution < -0.4 is 0 Å². The number of ether oxygens (including phenoxy) is 1. The van der Waals surface area contributed by atoms with E-state index in [0.717, 1.165) is 11.3 Å². The van der Waals surface area contributed by atoms with Crippen molar-refractivity contribution in [2.45, 2.75) is 13.3 Å². The molecule has 0 aliphatic carbocycles. The number of hydrogen-bond donors (Lipinski definition) is 0. The van der Waals surface area contributed by atoms with Gasteiger partial charge in [-0.15, -0.1) is 0 Å². The van der Waals surface area contributed by atoms with E-state index in [2.05, 4.69) is 4.99 Å². The maximum Gasteiger partial charge on any atom is 0.352 e. The summed E-state index contributed by atoms with van der Waals surface area (Å²) in [4.78, 5) is 15.7. The second-order valence-electron chi connectivity index (χ2n) is 3.44. The molecule has 2 rings (SSSR count). The van der Waals surface area contributed by atoms with Crippen molar-refractivity contribution in [1.82, 2.24) is 0 Å². The Balaban J connectivity index is 2.14. The first kappa shape index (κ1) is 10.6. The summed E-state index contributed by atoms with van der Waals surface area (Å²) in [5, 5.41) is 0. The number of benzene rings is 1. The van der Waals surface area contributed by atoms with E-state index < -0.39 is 0 Å². The second kappa shape index (κ2) is 4.75. The Morgan fingerprint density at radius 2 is 2.12 bits per heavy atom. The van der Waals surface area contributed by atoms with Crippen LogP contribution in [0.5, 0.6) is 0 Å². The van der Waals surface area contributed by atoms with Gasteiger partial charge in [-0.1, -0.05) is 36.4 Å². The fraction of sp³-hybridized carbons (Fsp3) is 0.231. The Morgan fingerprint density at radius 3 is 2.81 bits per heavy atom. The Bertz CT molecular complexity index is 446. The van der Waals surface area contributed by atoms with Gasteiger partial charge in [0.05, 0.1) is 12.3 Å². The third-order valence-electron chi connectivity index (χ3n) is 2.32. The Labute approximate surface area is 94.5 Å². The molecule has 0 unspecified atom stereocenters. The molecular weight excluding hydrogens is 202 g/mol. The highest BCUT2D eigenvalue weighted by molar-refractivity contribution is 6.38. The molecular formula is C13H13NO2. The summed E-state index contributed by atoms with van der Waals surface area (Å²) in [5.41, 5.74) is 2.37. The van der Waals surface area contributed by atoms with Crippen molar-refractivity contribution in [2.24, 2.45) is 4.99 Å². The maximum atomic E-state index is 11.4. The van der Waals surface area contributed by atoms with Crippen LogP contribution in [0.4, 0.5) is 0 Å². The molecule has 82 valence electrons. The normalized spacial score (nSPS) is 14.3. The van der Waals surface area contributed by atoms with E-state index >= 15 is 0 Å². The van der Waals surface area contributed by atoms with Crippen molar-refractivity contribution in [1.29, 1.82) is 0 Å². The first-order valence-electron chi connectivity index (χ1n) is 5.31. The minimum Gasteiger partial charge on any atom is -0.461 e. The van der Waals surface area contributed by atoms with Gasteiger partial charge in [0.25, 0.3) is 0 Å². The van der Waals surface area contributed by atoms with Crippen LogP contribution in [-0.2, 0) is 9.53 Å². The molecule has 1 aromatic rings. The molecule has 0 N–H and O–H groups in total. The summed E-state index contributed by atoms with van der Waals surface area (Å²) in [7, 11) is 0. The lowest BCUT2D eigenvalue weighted by atomic mass is 10.1. The number of rotatable bonds is 3. The molecule has 0 saturated carbocycles. The molecule has 0 bridgehead atoms. The molecule has 1 heterocycles. The van der Waals surface area contributed by atoms with Crippen LogP contribution in [0.3, 0.4) is 0 Å². The second-order valence-corrected chi connectivity index (χ2v) is 3.44. The fourth-order valence-electron chi connectivity index (χ4n) is 1.56. The summed E-state index contributed by atoms with van der Waals surface area (Å²) >= 11 is 0. The molecule has 3 heteroatoms. The van der Waals surface area contributed by atoms with E-state index in [-0.39, 0.29) is 5.97 Å². The summed E-state index contributed by atoms with van der Waals surface area (Å²) in [5.74, 6) is -0.315. The summed E-state index contributed by atoms with van der Waals surface area (Å²) in [6.45, 7) is 2.18. The standard InChI is InChI=1S/C13H13NO2/c1-2-16-13(15)12-9-8-11(14-12)10-6-4-3-5-7-10/h3-8H,2,9H2,1H3. The number of allylic oxidation sites excluding steroid dienone is 1. The third kappa shape index (κ3) is 2.19. The minimum absolute atomic E-state index is 0.315. The van der Waals surface area contributed by atoms with Crippen LogP contribution in [0, 0.1) is 0 Å². The zero-order chi connectivity index (χ0) is 11.4. The molecule has 16 heavy (non-hydrogen) atoms. The molecule has 0 fully saturated rings. The van der Waals surface area contributed by atoms with Gasteiger partial charge in [-0.25, -0.2) is 9.79 Å². The smallest absolute Gasteiger partial charge is 0.352 e. The number of carbonyl (C=O) groups excluding carboxylic acids is 1. The Kier molecular flexibility index (Phi) is 3.15. The molecule has 1 aliphatic heterocycles. The van der Waals surface area contributed by atoms with Crippen molar-refractivity contribution in [3.63, 3.8) is 0 Å². The number of carbonyl (C=O) groups is 1. The number of nitrogens with zero attached hydrogens (tertiary/aromatic N) is 1. The van der Waals surface area contributed by atoms with E-state index in [4.69, 9.17) is 4.74 Å². The highest BCUT2D eigenvalue weighted by Crippen LogP contribution is 2.22. The van der Waals surface area contributed by atoms with Crippen molar-refractivity contribution in [2.75, 3.05) is 6.61 Å². The lowest BCUT2D eigenvalue weighted by Gasteiger charge is -2.00. The van der Waals surface area contributed by atoms with Crippen LogP contribution in [0.15, 0.2) is 41.4 Å². The van der Waals surface area contributed by atoms with Crippen LogP contribution in [0.1, 0.15) is 18.9 Å². The third-order valence-corrected chi connectivity index (χ3v) is 2.32. The zero-order valence-corrected chi connectivity index (χ0v) is 9.14. The van der Waals surface area contributed by atoms with Gasteiger partial charge < -0.3 is 4.74 Å². The Morgan fingerprint density at radius 1 is 1.38 bits per heavy atom. The van der Waals surface area contributed by atoms with Gasteiger partial charge >= 0.3 is 5.97 Å². The molecule has 1 aromatic carbocycles. The molecule has 1 aliphatic rings. The van der Waals surface area contributed by atoms with Gasteiger partial charge in [-0.3, -0.25) is 0 Å². The zero-order valence-electron chi connectivity index (χ0n) is 9.14. The van der Waals surface area contributed by atoms with Crippen molar-refractivity contribution in [3.8, 4) is 0 Å². The molecule has 0 spiro atoms. The molecule has 0 amide bonds. The topological polar surface area (TPSA) is 38.7 Å². The number of aliphatic imine (C=N–C) groups is 1. The average molecular weight is 215 g/mol. The van der Waals surface area contributed by atoms with E-state index in [0.29, 0.717) is 18.7 Å². The van der Waals surface area contributed by atoms with Gasteiger partial charge in [-0.2, -0.15) is 0 Å². The van der Waals surface area contributed by atoms with Crippen LogP contribution in [0.25, 0.3) is 5.70 Å². The molecule has 3 nitrogen and oxygen atoms in total. The SMILES string of the molecule is CCOC(=O)C1=NC(c2ccccc2)=CC1. The molecule has 0 aromatic heterocycles. The van der Waals surface area contributed by atoms with Crippen LogP contribution in [-0.4, -0.2) is 18.3 Å². The van der Waals surface area contributed by atoms with Crippen molar-refractivity contribution < 1.29 is 9.53 Å². The first-order valence-corrected chi connectivity index (χ1v) is 5.31. The van der Waals surface area contributed by atoms with Crippen molar-refractivity contribution >= 4 is 17.4 Å².